The Labute approximate surface area is 152 Å². The number of imidazole rings is 1. The van der Waals surface area contributed by atoms with Crippen LogP contribution in [-0.2, 0) is 0 Å². The van der Waals surface area contributed by atoms with Gasteiger partial charge in [0, 0.05) is 11.8 Å². The first-order valence-electron chi connectivity index (χ1n) is 7.32. The van der Waals surface area contributed by atoms with Crippen molar-refractivity contribution in [3.8, 4) is 11.4 Å². The molecule has 9 heteroatoms. The maximum atomic E-state index is 6.27. The normalized spacial score (nSPS) is 11.0. The fourth-order valence-corrected chi connectivity index (χ4v) is 2.99. The van der Waals surface area contributed by atoms with Gasteiger partial charge in [-0.3, -0.25) is 0 Å². The molecule has 3 heterocycles. The highest BCUT2D eigenvalue weighted by atomic mass is 35.5. The van der Waals surface area contributed by atoms with E-state index in [0.29, 0.717) is 44.2 Å². The van der Waals surface area contributed by atoms with Crippen LogP contribution in [0.25, 0.3) is 22.6 Å². The molecule has 4 rings (SSSR count). The van der Waals surface area contributed by atoms with E-state index >= 15 is 0 Å². The fourth-order valence-electron chi connectivity index (χ4n) is 2.41. The summed E-state index contributed by atoms with van der Waals surface area (Å²) in [6.07, 6.45) is 2.91. The second-order valence-electron chi connectivity index (χ2n) is 5.27. The smallest absolute Gasteiger partial charge is 0.183 e. The van der Waals surface area contributed by atoms with Crippen LogP contribution in [0.5, 0.6) is 0 Å². The van der Waals surface area contributed by atoms with Crippen molar-refractivity contribution in [2.24, 2.45) is 0 Å². The number of halogens is 2. The lowest BCUT2D eigenvalue weighted by molar-refractivity contribution is 1.10. The number of anilines is 2. The van der Waals surface area contributed by atoms with Crippen molar-refractivity contribution in [3.63, 3.8) is 0 Å². The van der Waals surface area contributed by atoms with Gasteiger partial charge in [0.05, 0.1) is 15.6 Å². The lowest BCUT2D eigenvalue weighted by Gasteiger charge is -2.05. The molecule has 0 amide bonds. The van der Waals surface area contributed by atoms with Gasteiger partial charge in [0.2, 0.25) is 0 Å². The Kier molecular flexibility index (Phi) is 3.95. The van der Waals surface area contributed by atoms with Gasteiger partial charge in [0.15, 0.2) is 11.5 Å². The third kappa shape index (κ3) is 2.99. The van der Waals surface area contributed by atoms with Crippen LogP contribution < -0.4 is 5.32 Å². The van der Waals surface area contributed by atoms with E-state index in [1.807, 2.05) is 13.0 Å². The van der Waals surface area contributed by atoms with E-state index in [0.717, 1.165) is 5.69 Å². The van der Waals surface area contributed by atoms with Crippen molar-refractivity contribution in [1.29, 1.82) is 0 Å². The van der Waals surface area contributed by atoms with Crippen molar-refractivity contribution >= 4 is 46.0 Å². The summed E-state index contributed by atoms with van der Waals surface area (Å²) in [7, 11) is 0. The summed E-state index contributed by atoms with van der Waals surface area (Å²) in [6, 6.07) is 7.10. The van der Waals surface area contributed by atoms with Crippen molar-refractivity contribution in [2.75, 3.05) is 5.32 Å². The molecule has 124 valence electrons. The molecule has 0 aliphatic rings. The minimum absolute atomic E-state index is 0.495. The van der Waals surface area contributed by atoms with Crippen molar-refractivity contribution < 1.29 is 0 Å². The first kappa shape index (κ1) is 15.7. The average Bonchev–Trinajstić information content (AvgIpc) is 2.99. The Morgan fingerprint density at radius 1 is 1.00 bits per heavy atom. The highest BCUT2D eigenvalue weighted by Gasteiger charge is 2.16. The number of fused-ring (bicyclic) bond motifs is 1. The summed E-state index contributed by atoms with van der Waals surface area (Å²) in [6.45, 7) is 1.89. The minimum atomic E-state index is 0.495. The molecule has 0 radical (unpaired) electrons. The quantitative estimate of drug-likeness (QED) is 0.561. The number of rotatable bonds is 3. The number of benzene rings is 1. The van der Waals surface area contributed by atoms with E-state index < -0.39 is 0 Å². The Morgan fingerprint density at radius 3 is 2.52 bits per heavy atom. The van der Waals surface area contributed by atoms with Gasteiger partial charge in [-0.2, -0.15) is 0 Å². The molecule has 0 unspecified atom stereocenters. The second-order valence-corrected chi connectivity index (χ2v) is 6.09. The summed E-state index contributed by atoms with van der Waals surface area (Å²) in [5.41, 5.74) is 2.59. The Bertz CT molecular complexity index is 1060. The molecule has 1 aromatic carbocycles. The van der Waals surface area contributed by atoms with Crippen molar-refractivity contribution in [3.05, 3.63) is 52.7 Å². The Morgan fingerprint density at radius 2 is 1.76 bits per heavy atom. The van der Waals surface area contributed by atoms with Crippen LogP contribution in [0.2, 0.25) is 10.0 Å². The van der Waals surface area contributed by atoms with Crippen LogP contribution in [-0.4, -0.2) is 29.9 Å². The van der Waals surface area contributed by atoms with Crippen LogP contribution in [0.3, 0.4) is 0 Å². The fraction of sp³-hybridized carbons (Fsp3) is 0.0625. The predicted octanol–water partition coefficient (Wildman–Crippen LogP) is 4.17. The zero-order valence-corrected chi connectivity index (χ0v) is 14.5. The predicted molar refractivity (Wildman–Crippen MR) is 97.2 cm³/mol. The van der Waals surface area contributed by atoms with Crippen molar-refractivity contribution in [1.82, 2.24) is 29.9 Å². The largest absolute Gasteiger partial charge is 0.333 e. The molecule has 2 N–H and O–H groups in total. The third-order valence-corrected chi connectivity index (χ3v) is 4.17. The second kappa shape index (κ2) is 6.27. The standard InChI is InChI=1S/C16H11Cl2N7/c1-8-5-11(20-6-19-8)23-15-13-16(22-7-21-15)25-14(24-13)12-9(17)3-2-4-10(12)18/h2-7H,1H3,(H2,19,20,21,22,23,24,25). The van der Waals surface area contributed by atoms with Gasteiger partial charge in [-0.1, -0.05) is 29.3 Å². The molecule has 4 aromatic rings. The molecule has 0 saturated carbocycles. The summed E-state index contributed by atoms with van der Waals surface area (Å²) in [4.78, 5) is 24.4. The van der Waals surface area contributed by atoms with Gasteiger partial charge >= 0.3 is 0 Å². The van der Waals surface area contributed by atoms with E-state index in [2.05, 4.69) is 35.2 Å². The van der Waals surface area contributed by atoms with E-state index in [9.17, 15) is 0 Å². The molecule has 25 heavy (non-hydrogen) atoms. The number of hydrogen-bond donors (Lipinski definition) is 2. The first-order valence-corrected chi connectivity index (χ1v) is 8.08. The van der Waals surface area contributed by atoms with Gasteiger partial charge in [0.1, 0.15) is 29.8 Å². The molecular weight excluding hydrogens is 361 g/mol. The Hall–Kier alpha value is -2.77. The van der Waals surface area contributed by atoms with E-state index in [4.69, 9.17) is 23.2 Å². The van der Waals surface area contributed by atoms with E-state index in [1.165, 1.54) is 12.7 Å². The van der Waals surface area contributed by atoms with Gasteiger partial charge < -0.3 is 10.3 Å². The number of hydrogen-bond acceptors (Lipinski definition) is 6. The molecule has 0 aliphatic carbocycles. The molecule has 0 atom stereocenters. The van der Waals surface area contributed by atoms with E-state index in [-0.39, 0.29) is 0 Å². The lowest BCUT2D eigenvalue weighted by atomic mass is 10.2. The number of aryl methyl sites for hydroxylation is 1. The SMILES string of the molecule is Cc1cc(Nc2ncnc3nc(-c4c(Cl)cccc4Cl)[nH]c23)ncn1. The zero-order valence-electron chi connectivity index (χ0n) is 13.0. The topological polar surface area (TPSA) is 92.3 Å². The van der Waals surface area contributed by atoms with E-state index in [1.54, 1.807) is 18.2 Å². The maximum Gasteiger partial charge on any atom is 0.183 e. The number of H-pyrrole nitrogens is 1. The molecule has 0 saturated heterocycles. The van der Waals surface area contributed by atoms with Crippen LogP contribution >= 0.6 is 23.2 Å². The summed E-state index contributed by atoms with van der Waals surface area (Å²) < 4.78 is 0. The number of nitrogens with zero attached hydrogens (tertiary/aromatic N) is 5. The van der Waals surface area contributed by atoms with Gasteiger partial charge in [0.25, 0.3) is 0 Å². The molecule has 3 aromatic heterocycles. The van der Waals surface area contributed by atoms with Gasteiger partial charge in [-0.15, -0.1) is 0 Å². The highest BCUT2D eigenvalue weighted by Crippen LogP contribution is 2.34. The zero-order chi connectivity index (χ0) is 17.4. The maximum absolute atomic E-state index is 6.27. The highest BCUT2D eigenvalue weighted by molar-refractivity contribution is 6.39. The summed E-state index contributed by atoms with van der Waals surface area (Å²) in [5, 5.41) is 4.14. The van der Waals surface area contributed by atoms with Gasteiger partial charge in [-0.25, -0.2) is 24.9 Å². The monoisotopic (exact) mass is 371 g/mol. The number of nitrogens with one attached hydrogen (secondary N) is 2. The Balaban J connectivity index is 1.82. The van der Waals surface area contributed by atoms with Gasteiger partial charge in [-0.05, 0) is 19.1 Å². The molecule has 7 nitrogen and oxygen atoms in total. The number of aromatic nitrogens is 6. The average molecular weight is 372 g/mol. The lowest BCUT2D eigenvalue weighted by Crippen LogP contribution is -1.98. The van der Waals surface area contributed by atoms with Crippen LogP contribution in [0.15, 0.2) is 36.9 Å². The minimum Gasteiger partial charge on any atom is -0.333 e. The molecule has 0 aliphatic heterocycles. The molecular formula is C16H11Cl2N7. The van der Waals surface area contributed by atoms with Crippen molar-refractivity contribution in [2.45, 2.75) is 6.92 Å². The third-order valence-electron chi connectivity index (χ3n) is 3.54. The van der Waals surface area contributed by atoms with Crippen LogP contribution in [0.4, 0.5) is 11.6 Å². The van der Waals surface area contributed by atoms with Crippen LogP contribution in [0.1, 0.15) is 5.69 Å². The summed E-state index contributed by atoms with van der Waals surface area (Å²) in [5.74, 6) is 1.69. The van der Waals surface area contributed by atoms with Crippen LogP contribution in [0, 0.1) is 6.92 Å². The first-order chi connectivity index (χ1) is 12.1. The number of aromatic amines is 1. The molecule has 0 bridgehead atoms. The summed E-state index contributed by atoms with van der Waals surface area (Å²) >= 11 is 12.5. The molecule has 0 fully saturated rings. The molecule has 0 spiro atoms.